The van der Waals surface area contributed by atoms with E-state index in [2.05, 4.69) is 11.1 Å². The average molecular weight is 493 g/mol. The number of anilines is 1. The summed E-state index contributed by atoms with van der Waals surface area (Å²) in [7, 11) is 3.14. The highest BCUT2D eigenvalue weighted by Crippen LogP contribution is 2.29. The normalized spacial score (nSPS) is 13.5. The van der Waals surface area contributed by atoms with Crippen molar-refractivity contribution in [2.24, 2.45) is 0 Å². The fourth-order valence-electron chi connectivity index (χ4n) is 3.74. The van der Waals surface area contributed by atoms with Crippen LogP contribution in [-0.4, -0.2) is 62.8 Å². The molecule has 9 nitrogen and oxygen atoms in total. The minimum absolute atomic E-state index is 0.136. The number of aromatic nitrogens is 1. The lowest BCUT2D eigenvalue weighted by atomic mass is 10.2. The van der Waals surface area contributed by atoms with Crippen LogP contribution in [0, 0.1) is 17.1 Å². The van der Waals surface area contributed by atoms with Crippen LogP contribution in [0.15, 0.2) is 46.9 Å². The second kappa shape index (κ2) is 11.3. The van der Waals surface area contributed by atoms with Crippen molar-refractivity contribution in [2.75, 3.05) is 51.9 Å². The highest BCUT2D eigenvalue weighted by Gasteiger charge is 2.26. The third-order valence-electron chi connectivity index (χ3n) is 5.65. The molecular formula is C26H25FN4O5. The van der Waals surface area contributed by atoms with Crippen LogP contribution in [0.3, 0.4) is 0 Å². The van der Waals surface area contributed by atoms with Gasteiger partial charge in [-0.05, 0) is 48.0 Å². The number of piperazine rings is 1. The van der Waals surface area contributed by atoms with E-state index in [1.54, 1.807) is 37.3 Å². The second-order valence-electron chi connectivity index (χ2n) is 7.88. The first-order chi connectivity index (χ1) is 17.5. The zero-order valence-electron chi connectivity index (χ0n) is 19.9. The summed E-state index contributed by atoms with van der Waals surface area (Å²) in [5.74, 6) is 1.78. The van der Waals surface area contributed by atoms with Gasteiger partial charge in [-0.25, -0.2) is 4.39 Å². The zero-order valence-corrected chi connectivity index (χ0v) is 19.9. The van der Waals surface area contributed by atoms with Crippen molar-refractivity contribution in [2.45, 2.75) is 0 Å². The van der Waals surface area contributed by atoms with Crippen LogP contribution < -0.4 is 19.1 Å². The smallest absolute Gasteiger partial charge is 0.260 e. The van der Waals surface area contributed by atoms with Crippen LogP contribution in [0.1, 0.15) is 17.1 Å². The standard InChI is InChI=1S/C26H25FN4O5/c1-33-22-9-3-18(15-23(22)34-2)4-10-24-29-21(16-28)26(36-24)31-13-11-30(12-14-31)25(32)17-35-20-7-5-19(27)6-8-20/h3-10,15H,11-14,17H2,1-2H3/b10-4+. The molecule has 0 unspecified atom stereocenters. The number of hydrogen-bond acceptors (Lipinski definition) is 8. The van der Waals surface area contributed by atoms with Crippen molar-refractivity contribution >= 4 is 23.9 Å². The van der Waals surface area contributed by atoms with Crippen LogP contribution in [0.5, 0.6) is 17.2 Å². The van der Waals surface area contributed by atoms with Crippen LogP contribution in [0.4, 0.5) is 10.3 Å². The summed E-state index contributed by atoms with van der Waals surface area (Å²) >= 11 is 0. The Morgan fingerprint density at radius 3 is 2.47 bits per heavy atom. The lowest BCUT2D eigenvalue weighted by Gasteiger charge is -2.34. The maximum atomic E-state index is 13.0. The van der Waals surface area contributed by atoms with Crippen molar-refractivity contribution in [3.63, 3.8) is 0 Å². The van der Waals surface area contributed by atoms with Gasteiger partial charge in [-0.15, -0.1) is 0 Å². The van der Waals surface area contributed by atoms with Crippen molar-refractivity contribution in [3.05, 3.63) is 65.4 Å². The van der Waals surface area contributed by atoms with E-state index in [4.69, 9.17) is 18.6 Å². The Morgan fingerprint density at radius 2 is 1.81 bits per heavy atom. The number of nitrogens with zero attached hydrogens (tertiary/aromatic N) is 4. The van der Waals surface area contributed by atoms with E-state index in [1.165, 1.54) is 24.3 Å². The fraction of sp³-hybridized carbons (Fsp3) is 0.269. The maximum absolute atomic E-state index is 13.0. The Kier molecular flexibility index (Phi) is 7.70. The minimum Gasteiger partial charge on any atom is -0.493 e. The molecule has 1 aliphatic heterocycles. The molecule has 36 heavy (non-hydrogen) atoms. The first-order valence-electron chi connectivity index (χ1n) is 11.2. The highest BCUT2D eigenvalue weighted by atomic mass is 19.1. The number of hydrogen-bond donors (Lipinski definition) is 0. The first kappa shape index (κ1) is 24.6. The van der Waals surface area contributed by atoms with Gasteiger partial charge in [0.2, 0.25) is 17.5 Å². The summed E-state index contributed by atoms with van der Waals surface area (Å²) in [5, 5.41) is 9.55. The molecule has 1 saturated heterocycles. The molecule has 1 amide bonds. The minimum atomic E-state index is -0.367. The lowest BCUT2D eigenvalue weighted by molar-refractivity contribution is -0.133. The number of benzene rings is 2. The number of carbonyl (C=O) groups excluding carboxylic acids is 1. The SMILES string of the molecule is COc1ccc(/C=C/c2nc(C#N)c(N3CCN(C(=O)COc4ccc(F)cc4)CC3)o2)cc1OC. The summed E-state index contributed by atoms with van der Waals surface area (Å²) in [6, 6.07) is 13.1. The number of amides is 1. The van der Waals surface area contributed by atoms with E-state index in [0.717, 1.165) is 5.56 Å². The Balaban J connectivity index is 1.36. The molecule has 1 fully saturated rings. The number of halogens is 1. The largest absolute Gasteiger partial charge is 0.493 e. The molecule has 2 heterocycles. The molecule has 0 bridgehead atoms. The van der Waals surface area contributed by atoms with E-state index in [0.29, 0.717) is 55.2 Å². The van der Waals surface area contributed by atoms with Gasteiger partial charge in [0, 0.05) is 32.3 Å². The maximum Gasteiger partial charge on any atom is 0.260 e. The Bertz CT molecular complexity index is 1270. The number of carbonyl (C=O) groups is 1. The van der Waals surface area contributed by atoms with Crippen molar-refractivity contribution in [1.82, 2.24) is 9.88 Å². The van der Waals surface area contributed by atoms with Gasteiger partial charge in [0.05, 0.1) is 14.2 Å². The molecule has 0 N–H and O–H groups in total. The van der Waals surface area contributed by atoms with Crippen LogP contribution in [0.2, 0.25) is 0 Å². The number of rotatable bonds is 8. The second-order valence-corrected chi connectivity index (χ2v) is 7.88. The summed E-state index contributed by atoms with van der Waals surface area (Å²) in [4.78, 5) is 20.4. The third kappa shape index (κ3) is 5.75. The topological polar surface area (TPSA) is 101 Å². The quantitative estimate of drug-likeness (QED) is 0.470. The fourth-order valence-corrected chi connectivity index (χ4v) is 3.74. The van der Waals surface area contributed by atoms with Gasteiger partial charge < -0.3 is 28.4 Å². The predicted octanol–water partition coefficient (Wildman–Crippen LogP) is 3.60. The molecule has 3 aromatic rings. The average Bonchev–Trinajstić information content (AvgIpc) is 3.34. The van der Waals surface area contributed by atoms with Crippen LogP contribution in [-0.2, 0) is 4.79 Å². The summed E-state index contributed by atoms with van der Waals surface area (Å²) in [5.41, 5.74) is 1.03. The van der Waals surface area contributed by atoms with Gasteiger partial charge >= 0.3 is 0 Å². The number of ether oxygens (including phenoxy) is 3. The lowest BCUT2D eigenvalue weighted by Crippen LogP contribution is -2.50. The molecule has 4 rings (SSSR count). The molecule has 10 heteroatoms. The number of oxazole rings is 1. The number of methoxy groups -OCH3 is 2. The molecule has 0 atom stereocenters. The van der Waals surface area contributed by atoms with E-state index in [-0.39, 0.29) is 24.0 Å². The van der Waals surface area contributed by atoms with Gasteiger partial charge in [0.25, 0.3) is 5.91 Å². The van der Waals surface area contributed by atoms with Crippen LogP contribution in [0.25, 0.3) is 12.2 Å². The molecule has 1 aromatic heterocycles. The van der Waals surface area contributed by atoms with Crippen LogP contribution >= 0.6 is 0 Å². The van der Waals surface area contributed by atoms with E-state index in [9.17, 15) is 14.4 Å². The molecular weight excluding hydrogens is 467 g/mol. The molecule has 1 aliphatic rings. The van der Waals surface area contributed by atoms with E-state index in [1.807, 2.05) is 17.0 Å². The summed E-state index contributed by atoms with van der Waals surface area (Å²) in [6.07, 6.45) is 3.48. The Labute approximate surface area is 207 Å². The molecule has 0 spiro atoms. The van der Waals surface area contributed by atoms with Crippen molar-refractivity contribution < 1.29 is 27.8 Å². The van der Waals surface area contributed by atoms with Gasteiger partial charge in [-0.1, -0.05) is 6.07 Å². The third-order valence-corrected chi connectivity index (χ3v) is 5.65. The van der Waals surface area contributed by atoms with Gasteiger partial charge in [0.15, 0.2) is 18.1 Å². The molecule has 0 aliphatic carbocycles. The molecule has 186 valence electrons. The van der Waals surface area contributed by atoms with Gasteiger partial charge in [0.1, 0.15) is 17.6 Å². The number of nitriles is 1. The van der Waals surface area contributed by atoms with Gasteiger partial charge in [-0.2, -0.15) is 10.2 Å². The first-order valence-corrected chi connectivity index (χ1v) is 11.2. The van der Waals surface area contributed by atoms with E-state index < -0.39 is 0 Å². The Morgan fingerprint density at radius 1 is 1.08 bits per heavy atom. The summed E-state index contributed by atoms with van der Waals surface area (Å²) < 4.78 is 34.9. The zero-order chi connectivity index (χ0) is 25.5. The molecule has 2 aromatic carbocycles. The Hall–Kier alpha value is -4.52. The monoisotopic (exact) mass is 492 g/mol. The van der Waals surface area contributed by atoms with Crippen molar-refractivity contribution in [3.8, 4) is 23.3 Å². The van der Waals surface area contributed by atoms with Gasteiger partial charge in [-0.3, -0.25) is 4.79 Å². The van der Waals surface area contributed by atoms with Crippen molar-refractivity contribution in [1.29, 1.82) is 5.26 Å². The predicted molar refractivity (Wildman–Crippen MR) is 130 cm³/mol. The molecule has 0 saturated carbocycles. The van der Waals surface area contributed by atoms with E-state index >= 15 is 0 Å². The summed E-state index contributed by atoms with van der Waals surface area (Å²) in [6.45, 7) is 1.69. The highest BCUT2D eigenvalue weighted by molar-refractivity contribution is 5.78. The molecule has 0 radical (unpaired) electrons.